The van der Waals surface area contributed by atoms with Crippen LogP contribution in [-0.2, 0) is 0 Å². The molecule has 1 heterocycles. The van der Waals surface area contributed by atoms with Gasteiger partial charge >= 0.3 is 0 Å². The number of nitrogens with two attached hydrogens (primary N) is 1. The van der Waals surface area contributed by atoms with Gasteiger partial charge in [-0.25, -0.2) is 0 Å². The summed E-state index contributed by atoms with van der Waals surface area (Å²) in [7, 11) is 0. The van der Waals surface area contributed by atoms with E-state index in [-0.39, 0.29) is 0 Å². The van der Waals surface area contributed by atoms with Gasteiger partial charge in [0.25, 0.3) is 0 Å². The first-order chi connectivity index (χ1) is 9.90. The lowest BCUT2D eigenvalue weighted by Gasteiger charge is -2.39. The number of nitrogen functional groups attached to an aromatic ring is 1. The summed E-state index contributed by atoms with van der Waals surface area (Å²) in [4.78, 5) is 2.44. The van der Waals surface area contributed by atoms with E-state index in [1.54, 1.807) is 0 Å². The Balaban J connectivity index is 2.04. The minimum atomic E-state index is 0.414. The van der Waals surface area contributed by atoms with Gasteiger partial charge in [-0.1, -0.05) is 27.7 Å². The monoisotopic (exact) mass is 290 g/mol. The fourth-order valence-electron chi connectivity index (χ4n) is 3.10. The molecule has 3 heteroatoms. The van der Waals surface area contributed by atoms with E-state index in [9.17, 15) is 0 Å². The molecule has 0 unspecified atom stereocenters. The molecule has 1 aliphatic heterocycles. The highest BCUT2D eigenvalue weighted by Gasteiger charge is 2.28. The second-order valence-corrected chi connectivity index (χ2v) is 7.24. The van der Waals surface area contributed by atoms with Gasteiger partial charge in [-0.2, -0.15) is 0 Å². The molecule has 21 heavy (non-hydrogen) atoms. The third-order valence-corrected chi connectivity index (χ3v) is 4.47. The van der Waals surface area contributed by atoms with Crippen LogP contribution >= 0.6 is 0 Å². The summed E-state index contributed by atoms with van der Waals surface area (Å²) in [6.45, 7) is 12.1. The van der Waals surface area contributed by atoms with Crippen LogP contribution in [0, 0.1) is 11.3 Å². The minimum Gasteiger partial charge on any atom is -0.493 e. The third-order valence-electron chi connectivity index (χ3n) is 4.47. The molecule has 1 aliphatic rings. The quantitative estimate of drug-likeness (QED) is 0.839. The topological polar surface area (TPSA) is 38.5 Å². The zero-order valence-electron chi connectivity index (χ0n) is 14.0. The molecule has 3 nitrogen and oxygen atoms in total. The number of hydrogen-bond acceptors (Lipinski definition) is 3. The Morgan fingerprint density at radius 2 is 1.86 bits per heavy atom. The number of benzene rings is 1. The molecule has 1 fully saturated rings. The molecular formula is C18H30N2O. The van der Waals surface area contributed by atoms with Gasteiger partial charge in [-0.05, 0) is 36.7 Å². The maximum absolute atomic E-state index is 6.03. The largest absolute Gasteiger partial charge is 0.493 e. The number of ether oxygens (including phenoxy) is 1. The van der Waals surface area contributed by atoms with Crippen molar-refractivity contribution in [1.82, 2.24) is 0 Å². The maximum atomic E-state index is 6.03. The number of anilines is 2. The molecule has 2 N–H and O–H groups in total. The van der Waals surface area contributed by atoms with Crippen LogP contribution in [0.15, 0.2) is 18.2 Å². The molecule has 0 radical (unpaired) electrons. The Labute approximate surface area is 129 Å². The van der Waals surface area contributed by atoms with E-state index in [1.807, 2.05) is 6.07 Å². The SMILES string of the molecule is CCCOc1cc(N)cc(N2CCC(C(C)(C)C)CC2)c1. The van der Waals surface area contributed by atoms with Gasteiger partial charge < -0.3 is 15.4 Å². The van der Waals surface area contributed by atoms with E-state index in [1.165, 1.54) is 18.5 Å². The molecule has 0 aromatic heterocycles. The lowest BCUT2D eigenvalue weighted by Crippen LogP contribution is -2.38. The number of hydrogen-bond donors (Lipinski definition) is 1. The number of piperidine rings is 1. The van der Waals surface area contributed by atoms with Crippen molar-refractivity contribution in [3.05, 3.63) is 18.2 Å². The van der Waals surface area contributed by atoms with Crippen LogP contribution in [0.3, 0.4) is 0 Å². The molecule has 0 spiro atoms. The van der Waals surface area contributed by atoms with Crippen molar-refractivity contribution in [3.8, 4) is 5.75 Å². The maximum Gasteiger partial charge on any atom is 0.123 e. The molecular weight excluding hydrogens is 260 g/mol. The summed E-state index contributed by atoms with van der Waals surface area (Å²) in [5.41, 5.74) is 8.43. The Kier molecular flexibility index (Phi) is 5.02. The third kappa shape index (κ3) is 4.29. The standard InChI is InChI=1S/C18H30N2O/c1-5-10-21-17-12-15(19)11-16(13-17)20-8-6-14(7-9-20)18(2,3)4/h11-14H,5-10,19H2,1-4H3. The fraction of sp³-hybridized carbons (Fsp3) is 0.667. The molecule has 0 amide bonds. The number of rotatable bonds is 4. The minimum absolute atomic E-state index is 0.414. The molecule has 0 saturated carbocycles. The highest BCUT2D eigenvalue weighted by Crippen LogP contribution is 2.36. The van der Waals surface area contributed by atoms with Crippen LogP contribution in [0.5, 0.6) is 5.75 Å². The van der Waals surface area contributed by atoms with Gasteiger partial charge in [0.2, 0.25) is 0 Å². The van der Waals surface area contributed by atoms with Crippen molar-refractivity contribution in [1.29, 1.82) is 0 Å². The highest BCUT2D eigenvalue weighted by molar-refractivity contribution is 5.60. The predicted molar refractivity (Wildman–Crippen MR) is 91.0 cm³/mol. The molecule has 118 valence electrons. The molecule has 1 aromatic carbocycles. The van der Waals surface area contributed by atoms with Crippen LogP contribution in [0.4, 0.5) is 11.4 Å². The highest BCUT2D eigenvalue weighted by atomic mass is 16.5. The van der Waals surface area contributed by atoms with Crippen molar-refractivity contribution in [2.75, 3.05) is 30.3 Å². The average Bonchev–Trinajstić information content (AvgIpc) is 2.44. The van der Waals surface area contributed by atoms with Crippen molar-refractivity contribution in [2.45, 2.75) is 47.0 Å². The molecule has 1 saturated heterocycles. The average molecular weight is 290 g/mol. The van der Waals surface area contributed by atoms with Crippen LogP contribution in [0.2, 0.25) is 0 Å². The Bertz CT molecular complexity index is 457. The second kappa shape index (κ2) is 6.59. The Hall–Kier alpha value is -1.38. The van der Waals surface area contributed by atoms with E-state index in [4.69, 9.17) is 10.5 Å². The van der Waals surface area contributed by atoms with Gasteiger partial charge in [-0.3, -0.25) is 0 Å². The lowest BCUT2D eigenvalue weighted by atomic mass is 9.75. The van der Waals surface area contributed by atoms with E-state index in [2.05, 4.69) is 44.7 Å². The van der Waals surface area contributed by atoms with Gasteiger partial charge in [0.1, 0.15) is 5.75 Å². The normalized spacial score (nSPS) is 17.0. The van der Waals surface area contributed by atoms with E-state index in [0.717, 1.165) is 43.5 Å². The van der Waals surface area contributed by atoms with Crippen LogP contribution in [0.25, 0.3) is 0 Å². The van der Waals surface area contributed by atoms with Gasteiger partial charge in [0.15, 0.2) is 0 Å². The van der Waals surface area contributed by atoms with Crippen molar-refractivity contribution >= 4 is 11.4 Å². The van der Waals surface area contributed by atoms with Crippen molar-refractivity contribution < 1.29 is 4.74 Å². The molecule has 2 rings (SSSR count). The Morgan fingerprint density at radius 3 is 2.43 bits per heavy atom. The van der Waals surface area contributed by atoms with Crippen LogP contribution in [-0.4, -0.2) is 19.7 Å². The van der Waals surface area contributed by atoms with E-state index >= 15 is 0 Å². The molecule has 0 aliphatic carbocycles. The van der Waals surface area contributed by atoms with Crippen molar-refractivity contribution in [2.24, 2.45) is 11.3 Å². The van der Waals surface area contributed by atoms with Crippen LogP contribution < -0.4 is 15.4 Å². The summed E-state index contributed by atoms with van der Waals surface area (Å²) < 4.78 is 5.74. The predicted octanol–water partition coefficient (Wildman–Crippen LogP) is 4.32. The number of nitrogens with zero attached hydrogens (tertiary/aromatic N) is 1. The van der Waals surface area contributed by atoms with Crippen molar-refractivity contribution in [3.63, 3.8) is 0 Å². The first kappa shape index (κ1) is 16.0. The summed E-state index contributed by atoms with van der Waals surface area (Å²) in [5, 5.41) is 0. The van der Waals surface area contributed by atoms with Gasteiger partial charge in [-0.15, -0.1) is 0 Å². The van der Waals surface area contributed by atoms with Gasteiger partial charge in [0.05, 0.1) is 6.61 Å². The smallest absolute Gasteiger partial charge is 0.123 e. The van der Waals surface area contributed by atoms with Gasteiger partial charge in [0, 0.05) is 36.6 Å². The lowest BCUT2D eigenvalue weighted by molar-refractivity contribution is 0.199. The summed E-state index contributed by atoms with van der Waals surface area (Å²) >= 11 is 0. The Morgan fingerprint density at radius 1 is 1.19 bits per heavy atom. The second-order valence-electron chi connectivity index (χ2n) is 7.24. The van der Waals surface area contributed by atoms with Crippen LogP contribution in [0.1, 0.15) is 47.0 Å². The molecule has 0 atom stereocenters. The molecule has 0 bridgehead atoms. The summed E-state index contributed by atoms with van der Waals surface area (Å²) in [6, 6.07) is 6.11. The first-order valence-electron chi connectivity index (χ1n) is 8.18. The zero-order chi connectivity index (χ0) is 15.5. The fourth-order valence-corrected chi connectivity index (χ4v) is 3.10. The zero-order valence-corrected chi connectivity index (χ0v) is 14.0. The summed E-state index contributed by atoms with van der Waals surface area (Å²) in [5.74, 6) is 1.70. The van der Waals surface area contributed by atoms with E-state index in [0.29, 0.717) is 5.41 Å². The van der Waals surface area contributed by atoms with E-state index < -0.39 is 0 Å². The summed E-state index contributed by atoms with van der Waals surface area (Å²) in [6.07, 6.45) is 3.52. The molecule has 1 aromatic rings. The first-order valence-corrected chi connectivity index (χ1v) is 8.18.